The molecular weight excluding hydrogens is 381 g/mol. The van der Waals surface area contributed by atoms with Gasteiger partial charge in [-0.3, -0.25) is 0 Å². The number of imidazole rings is 1. The molecule has 2 heterocycles. The van der Waals surface area contributed by atoms with Crippen LogP contribution in [0.2, 0.25) is 0 Å². The third-order valence-electron chi connectivity index (χ3n) is 4.58. The second-order valence-electron chi connectivity index (χ2n) is 6.51. The predicted octanol–water partition coefficient (Wildman–Crippen LogP) is 2.62. The van der Waals surface area contributed by atoms with Crippen molar-refractivity contribution in [3.8, 4) is 6.07 Å². The van der Waals surface area contributed by atoms with Gasteiger partial charge in [0.1, 0.15) is 11.9 Å². The zero-order chi connectivity index (χ0) is 19.8. The van der Waals surface area contributed by atoms with Crippen LogP contribution in [0.1, 0.15) is 29.1 Å². The van der Waals surface area contributed by atoms with Crippen LogP contribution in [-0.2, 0) is 29.2 Å². The number of hydrogen-bond acceptors (Lipinski definition) is 4. The summed E-state index contributed by atoms with van der Waals surface area (Å²) >= 11 is 0. The number of rotatable bonds is 4. The fourth-order valence-electron chi connectivity index (χ4n) is 3.13. The van der Waals surface area contributed by atoms with Gasteiger partial charge in [-0.1, -0.05) is 12.1 Å². The lowest BCUT2D eigenvalue weighted by Crippen LogP contribution is -2.34. The third-order valence-corrected chi connectivity index (χ3v) is 6.04. The number of alkyl halides is 3. The number of nitrogens with one attached hydrogen (secondary N) is 1. The molecule has 10 heteroatoms. The van der Waals surface area contributed by atoms with Gasteiger partial charge < -0.3 is 4.57 Å². The maximum absolute atomic E-state index is 12.8. The van der Waals surface area contributed by atoms with Crippen LogP contribution >= 0.6 is 0 Å². The van der Waals surface area contributed by atoms with Crippen molar-refractivity contribution in [2.24, 2.45) is 5.92 Å². The van der Waals surface area contributed by atoms with Crippen LogP contribution in [0.5, 0.6) is 0 Å². The van der Waals surface area contributed by atoms with E-state index in [2.05, 4.69) is 9.71 Å². The van der Waals surface area contributed by atoms with Gasteiger partial charge in [-0.05, 0) is 30.9 Å². The molecule has 0 fully saturated rings. The molecule has 0 aliphatic carbocycles. The van der Waals surface area contributed by atoms with Crippen molar-refractivity contribution in [1.29, 1.82) is 5.26 Å². The summed E-state index contributed by atoms with van der Waals surface area (Å²) in [7, 11) is -3.90. The van der Waals surface area contributed by atoms with E-state index in [0.717, 1.165) is 6.20 Å². The van der Waals surface area contributed by atoms with Crippen LogP contribution < -0.4 is 4.72 Å². The van der Waals surface area contributed by atoms with Crippen LogP contribution in [0.4, 0.5) is 13.2 Å². The van der Waals surface area contributed by atoms with Crippen LogP contribution in [0.3, 0.4) is 0 Å². The summed E-state index contributed by atoms with van der Waals surface area (Å²) in [6.45, 7) is 1.97. The minimum absolute atomic E-state index is 0.0696. The molecule has 1 N–H and O–H groups in total. The molecule has 1 atom stereocenters. The highest BCUT2D eigenvalue weighted by molar-refractivity contribution is 7.89. The maximum atomic E-state index is 12.8. The van der Waals surface area contributed by atoms with Crippen molar-refractivity contribution in [2.45, 2.75) is 37.4 Å². The van der Waals surface area contributed by atoms with Gasteiger partial charge in [-0.25, -0.2) is 18.1 Å². The monoisotopic (exact) mass is 398 g/mol. The largest absolute Gasteiger partial charge is 0.434 e. The minimum Gasteiger partial charge on any atom is -0.334 e. The van der Waals surface area contributed by atoms with E-state index in [-0.39, 0.29) is 29.5 Å². The highest BCUT2D eigenvalue weighted by Crippen LogP contribution is 2.30. The first-order valence-electron chi connectivity index (χ1n) is 8.24. The molecular formula is C17H17F3N4O2S. The maximum Gasteiger partial charge on any atom is 0.434 e. The topological polar surface area (TPSA) is 87.8 Å². The molecule has 27 heavy (non-hydrogen) atoms. The fourth-order valence-corrected chi connectivity index (χ4v) is 4.47. The zero-order valence-electron chi connectivity index (χ0n) is 14.4. The van der Waals surface area contributed by atoms with E-state index in [4.69, 9.17) is 0 Å². The lowest BCUT2D eigenvalue weighted by Gasteiger charge is -2.24. The molecule has 1 aromatic carbocycles. The van der Waals surface area contributed by atoms with Crippen molar-refractivity contribution in [3.63, 3.8) is 0 Å². The number of nitriles is 1. The quantitative estimate of drug-likeness (QED) is 0.858. The van der Waals surface area contributed by atoms with Crippen LogP contribution in [0.15, 0.2) is 29.3 Å². The summed E-state index contributed by atoms with van der Waals surface area (Å²) in [6.07, 6.45) is -2.67. The molecule has 0 radical (unpaired) electrons. The average Bonchev–Trinajstić information content (AvgIpc) is 3.03. The molecule has 0 unspecified atom stereocenters. The molecule has 0 saturated carbocycles. The van der Waals surface area contributed by atoms with Crippen molar-refractivity contribution in [2.75, 3.05) is 6.54 Å². The first-order chi connectivity index (χ1) is 12.6. The van der Waals surface area contributed by atoms with E-state index in [9.17, 15) is 26.9 Å². The molecule has 0 bridgehead atoms. The highest BCUT2D eigenvalue weighted by Gasteiger charge is 2.36. The molecule has 1 aliphatic rings. The number of benzene rings is 1. The zero-order valence-corrected chi connectivity index (χ0v) is 15.2. The van der Waals surface area contributed by atoms with E-state index < -0.39 is 21.9 Å². The van der Waals surface area contributed by atoms with E-state index in [1.807, 2.05) is 6.07 Å². The van der Waals surface area contributed by atoms with Crippen molar-refractivity contribution < 1.29 is 21.6 Å². The third kappa shape index (κ3) is 3.99. The number of aryl methyl sites for hydroxylation is 2. The van der Waals surface area contributed by atoms with Gasteiger partial charge in [-0.2, -0.15) is 18.4 Å². The molecule has 3 rings (SSSR count). The van der Waals surface area contributed by atoms with Gasteiger partial charge in [0.25, 0.3) is 0 Å². The number of nitrogens with zero attached hydrogens (tertiary/aromatic N) is 3. The first-order valence-corrected chi connectivity index (χ1v) is 9.73. The van der Waals surface area contributed by atoms with E-state index >= 15 is 0 Å². The number of halogens is 3. The lowest BCUT2D eigenvalue weighted by molar-refractivity contribution is -0.141. The summed E-state index contributed by atoms with van der Waals surface area (Å²) < 4.78 is 67.3. The second-order valence-corrected chi connectivity index (χ2v) is 8.24. The van der Waals surface area contributed by atoms with Gasteiger partial charge in [0.05, 0.1) is 10.5 Å². The van der Waals surface area contributed by atoms with Gasteiger partial charge >= 0.3 is 6.18 Å². The second kappa shape index (κ2) is 6.98. The molecule has 2 aromatic rings. The van der Waals surface area contributed by atoms with Crippen molar-refractivity contribution in [3.05, 3.63) is 47.0 Å². The summed E-state index contributed by atoms with van der Waals surface area (Å²) in [4.78, 5) is 3.51. The van der Waals surface area contributed by atoms with E-state index in [1.54, 1.807) is 19.1 Å². The molecule has 6 nitrogen and oxygen atoms in total. The van der Waals surface area contributed by atoms with Crippen molar-refractivity contribution >= 4 is 10.0 Å². The summed E-state index contributed by atoms with van der Waals surface area (Å²) in [6, 6.07) is 6.47. The SMILES string of the molecule is Cc1cccc(S(=O)(=O)NC[C@@H]2CCc3nc(C(F)(F)F)cn3C2)c1C#N. The Morgan fingerprint density at radius 3 is 2.81 bits per heavy atom. The Labute approximate surface area is 154 Å². The number of sulfonamides is 1. The van der Waals surface area contributed by atoms with E-state index in [1.165, 1.54) is 10.6 Å². The van der Waals surface area contributed by atoms with Gasteiger partial charge in [0, 0.05) is 25.7 Å². The number of aromatic nitrogens is 2. The Kier molecular flexibility index (Phi) is 5.01. The van der Waals surface area contributed by atoms with Crippen LogP contribution in [0.25, 0.3) is 0 Å². The Morgan fingerprint density at radius 1 is 1.41 bits per heavy atom. The van der Waals surface area contributed by atoms with Gasteiger partial charge in [0.15, 0.2) is 5.69 Å². The Hall–Kier alpha value is -2.38. The Balaban J connectivity index is 1.72. The Bertz CT molecular complexity index is 1010. The van der Waals surface area contributed by atoms with Gasteiger partial charge in [-0.15, -0.1) is 0 Å². The fraction of sp³-hybridized carbons (Fsp3) is 0.412. The summed E-state index contributed by atoms with van der Waals surface area (Å²) in [5.74, 6) is 0.185. The van der Waals surface area contributed by atoms with E-state index in [0.29, 0.717) is 24.2 Å². The normalized spacial score (nSPS) is 17.4. The smallest absolute Gasteiger partial charge is 0.334 e. The number of fused-ring (bicyclic) bond motifs is 1. The average molecular weight is 398 g/mol. The standard InChI is InChI=1S/C17H17F3N4O2S/c1-11-3-2-4-14(13(11)7-21)27(25,26)22-8-12-5-6-16-23-15(17(18,19)20)10-24(16)9-12/h2-4,10,12,22H,5-6,8-9H2,1H3/t12-/m0/s1. The van der Waals surface area contributed by atoms with Gasteiger partial charge in [0.2, 0.25) is 10.0 Å². The Morgan fingerprint density at radius 2 is 2.15 bits per heavy atom. The lowest BCUT2D eigenvalue weighted by atomic mass is 10.00. The highest BCUT2D eigenvalue weighted by atomic mass is 32.2. The molecule has 1 aliphatic heterocycles. The molecule has 144 valence electrons. The molecule has 0 amide bonds. The molecule has 0 saturated heterocycles. The number of hydrogen-bond donors (Lipinski definition) is 1. The van der Waals surface area contributed by atoms with Crippen LogP contribution in [-0.4, -0.2) is 24.5 Å². The van der Waals surface area contributed by atoms with Crippen molar-refractivity contribution in [1.82, 2.24) is 14.3 Å². The van der Waals surface area contributed by atoms with Crippen LogP contribution in [0, 0.1) is 24.2 Å². The predicted molar refractivity (Wildman–Crippen MR) is 90.1 cm³/mol. The summed E-state index contributed by atoms with van der Waals surface area (Å²) in [5.41, 5.74) is -0.293. The summed E-state index contributed by atoms with van der Waals surface area (Å²) in [5, 5.41) is 9.21. The molecule has 1 aromatic heterocycles. The molecule has 0 spiro atoms. The first kappa shape index (κ1) is 19.4. The minimum atomic E-state index is -4.50.